The summed E-state index contributed by atoms with van der Waals surface area (Å²) in [5.74, 6) is -0.192. The zero-order chi connectivity index (χ0) is 13.8. The number of rotatable bonds is 5. The topological polar surface area (TPSA) is 63.2 Å². The summed E-state index contributed by atoms with van der Waals surface area (Å²) in [5.41, 5.74) is 0.466. The first-order valence-electron chi connectivity index (χ1n) is 5.52. The van der Waals surface area contributed by atoms with Gasteiger partial charge < -0.3 is 5.32 Å². The fourth-order valence-corrected chi connectivity index (χ4v) is 2.37. The first-order chi connectivity index (χ1) is 8.28. The third-order valence-corrected chi connectivity index (χ3v) is 3.60. The second-order valence-corrected chi connectivity index (χ2v) is 7.00. The van der Waals surface area contributed by atoms with Crippen LogP contribution in [0.3, 0.4) is 0 Å². The van der Waals surface area contributed by atoms with Gasteiger partial charge in [-0.3, -0.25) is 4.79 Å². The molecule has 0 spiro atoms. The number of carbonyl (C=O) groups excluding carboxylic acids is 1. The lowest BCUT2D eigenvalue weighted by molar-refractivity contribution is 0.0939. The van der Waals surface area contributed by atoms with E-state index >= 15 is 0 Å². The second kappa shape index (κ2) is 6.20. The summed E-state index contributed by atoms with van der Waals surface area (Å²) in [6, 6.07) is 6.40. The van der Waals surface area contributed by atoms with Gasteiger partial charge in [0.2, 0.25) is 0 Å². The molecule has 6 heteroatoms. The Hall–Kier alpha value is -1.07. The minimum absolute atomic E-state index is 0.0595. The van der Waals surface area contributed by atoms with Gasteiger partial charge in [-0.1, -0.05) is 17.7 Å². The van der Waals surface area contributed by atoms with Gasteiger partial charge in [0, 0.05) is 22.9 Å². The highest BCUT2D eigenvalue weighted by molar-refractivity contribution is 7.90. The van der Waals surface area contributed by atoms with Crippen molar-refractivity contribution < 1.29 is 13.2 Å². The fraction of sp³-hybridized carbons (Fsp3) is 0.417. The third-order valence-electron chi connectivity index (χ3n) is 2.39. The summed E-state index contributed by atoms with van der Waals surface area (Å²) in [6.07, 6.45) is 1.57. The number of hydrogen-bond acceptors (Lipinski definition) is 3. The van der Waals surface area contributed by atoms with Gasteiger partial charge in [0.25, 0.3) is 5.91 Å². The molecule has 0 bridgehead atoms. The maximum Gasteiger partial charge on any atom is 0.251 e. The van der Waals surface area contributed by atoms with E-state index in [1.807, 2.05) is 0 Å². The Balaban J connectivity index is 2.55. The largest absolute Gasteiger partial charge is 0.350 e. The van der Waals surface area contributed by atoms with E-state index in [9.17, 15) is 13.2 Å². The molecule has 0 aliphatic rings. The number of amides is 1. The van der Waals surface area contributed by atoms with Crippen LogP contribution in [-0.2, 0) is 9.84 Å². The molecule has 0 aliphatic heterocycles. The molecule has 1 aromatic carbocycles. The van der Waals surface area contributed by atoms with Crippen LogP contribution in [0.4, 0.5) is 0 Å². The molecule has 1 unspecified atom stereocenters. The number of sulfone groups is 1. The van der Waals surface area contributed by atoms with Crippen molar-refractivity contribution in [2.75, 3.05) is 12.0 Å². The lowest BCUT2D eigenvalue weighted by Crippen LogP contribution is -2.33. The van der Waals surface area contributed by atoms with Crippen LogP contribution in [-0.4, -0.2) is 32.4 Å². The normalized spacial score (nSPS) is 13.1. The molecule has 0 radical (unpaired) electrons. The number of benzene rings is 1. The molecule has 100 valence electrons. The first-order valence-corrected chi connectivity index (χ1v) is 7.96. The van der Waals surface area contributed by atoms with Gasteiger partial charge >= 0.3 is 0 Å². The highest BCUT2D eigenvalue weighted by atomic mass is 35.5. The SMILES string of the molecule is CC(CCS(C)(=O)=O)NC(=O)c1cccc(Cl)c1. The average molecular weight is 290 g/mol. The molecule has 18 heavy (non-hydrogen) atoms. The molecular formula is C12H16ClNO3S. The molecular weight excluding hydrogens is 274 g/mol. The Morgan fingerprint density at radius 3 is 2.67 bits per heavy atom. The summed E-state index contributed by atoms with van der Waals surface area (Å²) < 4.78 is 22.0. The lowest BCUT2D eigenvalue weighted by Gasteiger charge is -2.13. The monoisotopic (exact) mass is 289 g/mol. The third kappa shape index (κ3) is 5.51. The highest BCUT2D eigenvalue weighted by Gasteiger charge is 2.12. The van der Waals surface area contributed by atoms with E-state index in [-0.39, 0.29) is 17.7 Å². The Kier molecular flexibility index (Phi) is 5.16. The molecule has 1 atom stereocenters. The van der Waals surface area contributed by atoms with E-state index < -0.39 is 9.84 Å². The average Bonchev–Trinajstić information content (AvgIpc) is 2.25. The van der Waals surface area contributed by atoms with Gasteiger partial charge in [-0.25, -0.2) is 8.42 Å². The van der Waals surface area contributed by atoms with Crippen molar-refractivity contribution in [3.05, 3.63) is 34.9 Å². The summed E-state index contributed by atoms with van der Waals surface area (Å²) in [7, 11) is -3.00. The van der Waals surface area contributed by atoms with Crippen LogP contribution >= 0.6 is 11.6 Å². The highest BCUT2D eigenvalue weighted by Crippen LogP contribution is 2.10. The molecule has 0 fully saturated rings. The molecule has 1 rings (SSSR count). The zero-order valence-electron chi connectivity index (χ0n) is 10.3. The van der Waals surface area contributed by atoms with Crippen LogP contribution in [0.5, 0.6) is 0 Å². The lowest BCUT2D eigenvalue weighted by atomic mass is 10.2. The predicted molar refractivity (Wildman–Crippen MR) is 72.7 cm³/mol. The maximum absolute atomic E-state index is 11.8. The zero-order valence-corrected chi connectivity index (χ0v) is 11.9. The van der Waals surface area contributed by atoms with Crippen LogP contribution in [0, 0.1) is 0 Å². The molecule has 1 N–H and O–H groups in total. The van der Waals surface area contributed by atoms with Crippen LogP contribution in [0.25, 0.3) is 0 Å². The van der Waals surface area contributed by atoms with Crippen LogP contribution in [0.1, 0.15) is 23.7 Å². The number of hydrogen-bond donors (Lipinski definition) is 1. The Morgan fingerprint density at radius 2 is 2.11 bits per heavy atom. The maximum atomic E-state index is 11.8. The predicted octanol–water partition coefficient (Wildman–Crippen LogP) is 1.89. The Labute approximate surface area is 112 Å². The standard InChI is InChI=1S/C12H16ClNO3S/c1-9(6-7-18(2,16)17)14-12(15)10-4-3-5-11(13)8-10/h3-5,8-9H,6-7H2,1-2H3,(H,14,15). The van der Waals surface area contributed by atoms with Gasteiger partial charge in [-0.15, -0.1) is 0 Å². The molecule has 0 saturated heterocycles. The fourth-order valence-electron chi connectivity index (χ4n) is 1.40. The van der Waals surface area contributed by atoms with Gasteiger partial charge in [-0.2, -0.15) is 0 Å². The van der Waals surface area contributed by atoms with Crippen molar-refractivity contribution in [3.8, 4) is 0 Å². The van der Waals surface area contributed by atoms with Crippen LogP contribution in [0.2, 0.25) is 5.02 Å². The van der Waals surface area contributed by atoms with E-state index in [1.165, 1.54) is 6.26 Å². The van der Waals surface area contributed by atoms with E-state index in [0.717, 1.165) is 0 Å². The summed E-state index contributed by atoms with van der Waals surface area (Å²) >= 11 is 5.79. The van der Waals surface area contributed by atoms with Crippen LogP contribution < -0.4 is 5.32 Å². The van der Waals surface area contributed by atoms with Crippen molar-refractivity contribution in [2.45, 2.75) is 19.4 Å². The van der Waals surface area contributed by atoms with Crippen molar-refractivity contribution in [2.24, 2.45) is 0 Å². The van der Waals surface area contributed by atoms with Gasteiger partial charge in [0.15, 0.2) is 0 Å². The smallest absolute Gasteiger partial charge is 0.251 e. The summed E-state index contributed by atoms with van der Waals surface area (Å²) in [4.78, 5) is 11.8. The quantitative estimate of drug-likeness (QED) is 0.900. The Bertz CT molecular complexity index is 528. The molecule has 0 heterocycles. The van der Waals surface area contributed by atoms with Gasteiger partial charge in [-0.05, 0) is 31.5 Å². The molecule has 0 aliphatic carbocycles. The summed E-state index contributed by atoms with van der Waals surface area (Å²) in [6.45, 7) is 1.77. The van der Waals surface area contributed by atoms with E-state index in [2.05, 4.69) is 5.32 Å². The van der Waals surface area contributed by atoms with E-state index in [4.69, 9.17) is 11.6 Å². The van der Waals surface area contributed by atoms with E-state index in [1.54, 1.807) is 31.2 Å². The van der Waals surface area contributed by atoms with Crippen molar-refractivity contribution in [1.82, 2.24) is 5.32 Å². The summed E-state index contributed by atoms with van der Waals surface area (Å²) in [5, 5.41) is 3.23. The van der Waals surface area contributed by atoms with Gasteiger partial charge in [0.1, 0.15) is 9.84 Å². The number of halogens is 1. The van der Waals surface area contributed by atoms with E-state index in [0.29, 0.717) is 17.0 Å². The van der Waals surface area contributed by atoms with Crippen molar-refractivity contribution >= 4 is 27.3 Å². The Morgan fingerprint density at radius 1 is 1.44 bits per heavy atom. The number of nitrogens with one attached hydrogen (secondary N) is 1. The molecule has 1 amide bonds. The van der Waals surface area contributed by atoms with Crippen molar-refractivity contribution in [3.63, 3.8) is 0 Å². The second-order valence-electron chi connectivity index (χ2n) is 4.30. The molecule has 1 aromatic rings. The minimum Gasteiger partial charge on any atom is -0.350 e. The van der Waals surface area contributed by atoms with Crippen molar-refractivity contribution in [1.29, 1.82) is 0 Å². The number of carbonyl (C=O) groups is 1. The molecule has 0 saturated carbocycles. The van der Waals surface area contributed by atoms with Gasteiger partial charge in [0.05, 0.1) is 5.75 Å². The molecule has 0 aromatic heterocycles. The molecule has 4 nitrogen and oxygen atoms in total. The minimum atomic E-state index is -3.00. The van der Waals surface area contributed by atoms with Crippen LogP contribution in [0.15, 0.2) is 24.3 Å². The first kappa shape index (κ1) is 15.0.